The molecule has 8 nitrogen and oxygen atoms in total. The third-order valence-electron chi connectivity index (χ3n) is 2.28. The minimum Gasteiger partial charge on any atom is -0.396 e. The normalized spacial score (nSPS) is 14.7. The Bertz CT molecular complexity index is 286. The fraction of sp³-hybridized carbons (Fsp3) is 1.00. The van der Waals surface area contributed by atoms with Crippen molar-refractivity contribution in [1.82, 2.24) is 4.90 Å². The molecule has 0 aromatic rings. The van der Waals surface area contributed by atoms with E-state index in [1.165, 1.54) is 0 Å². The molecular weight excluding hydrogens is 278 g/mol. The lowest BCUT2D eigenvalue weighted by molar-refractivity contribution is -0.105. The molecule has 0 aromatic heterocycles. The first-order chi connectivity index (χ1) is 8.73. The summed E-state index contributed by atoms with van der Waals surface area (Å²) in [5.74, 6) is 0. The first-order valence-corrected chi connectivity index (χ1v) is 7.35. The standard InChI is InChI=1S/C9H21NO3.CH4O4S/c1-3-8(12)10(6-5-7-11)9(13)4-2;1-5-6(2,3)4/h8-9,11-13H,3-7H2,1-2H3;1H3,(H,2,3,4). The van der Waals surface area contributed by atoms with Gasteiger partial charge in [0.1, 0.15) is 12.5 Å². The molecule has 19 heavy (non-hydrogen) atoms. The van der Waals surface area contributed by atoms with Crippen LogP contribution in [0, 0.1) is 0 Å². The third kappa shape index (κ3) is 12.5. The monoisotopic (exact) mass is 303 g/mol. The molecule has 0 fully saturated rings. The third-order valence-corrected chi connectivity index (χ3v) is 2.70. The molecule has 9 heteroatoms. The van der Waals surface area contributed by atoms with E-state index in [4.69, 9.17) is 9.66 Å². The molecule has 0 radical (unpaired) electrons. The molecule has 0 bridgehead atoms. The average molecular weight is 303 g/mol. The van der Waals surface area contributed by atoms with E-state index < -0.39 is 22.9 Å². The van der Waals surface area contributed by atoms with Crippen LogP contribution in [0.15, 0.2) is 0 Å². The number of hydrogen-bond donors (Lipinski definition) is 4. The van der Waals surface area contributed by atoms with E-state index in [0.29, 0.717) is 25.8 Å². The predicted octanol–water partition coefficient (Wildman–Crippen LogP) is -0.437. The molecule has 0 rings (SSSR count). The van der Waals surface area contributed by atoms with Gasteiger partial charge in [0.25, 0.3) is 0 Å². The van der Waals surface area contributed by atoms with E-state index in [0.717, 1.165) is 7.11 Å². The summed E-state index contributed by atoms with van der Waals surface area (Å²) in [6.45, 7) is 4.34. The van der Waals surface area contributed by atoms with Crippen LogP contribution in [0.3, 0.4) is 0 Å². The van der Waals surface area contributed by atoms with Crippen molar-refractivity contribution >= 4 is 10.4 Å². The minimum absolute atomic E-state index is 0.0867. The van der Waals surface area contributed by atoms with Crippen molar-refractivity contribution < 1.29 is 32.5 Å². The first-order valence-electron chi connectivity index (χ1n) is 5.99. The molecule has 4 N–H and O–H groups in total. The Labute approximate surface area is 114 Å². The molecule has 0 saturated heterocycles. The fourth-order valence-electron chi connectivity index (χ4n) is 1.22. The van der Waals surface area contributed by atoms with E-state index in [-0.39, 0.29) is 6.61 Å². The van der Waals surface area contributed by atoms with Gasteiger partial charge >= 0.3 is 10.4 Å². The Balaban J connectivity index is 0. The van der Waals surface area contributed by atoms with Crippen LogP contribution in [0.5, 0.6) is 0 Å². The lowest BCUT2D eigenvalue weighted by Crippen LogP contribution is -2.43. The Morgan fingerprint density at radius 1 is 1.16 bits per heavy atom. The van der Waals surface area contributed by atoms with E-state index >= 15 is 0 Å². The number of aliphatic hydroxyl groups is 3. The SMILES string of the molecule is CCC(O)N(CCCO)C(O)CC.COS(=O)(=O)O. The smallest absolute Gasteiger partial charge is 0.396 e. The van der Waals surface area contributed by atoms with Crippen LogP contribution >= 0.6 is 0 Å². The topological polar surface area (TPSA) is 128 Å². The van der Waals surface area contributed by atoms with E-state index in [2.05, 4.69) is 4.18 Å². The maximum absolute atomic E-state index is 9.53. The summed E-state index contributed by atoms with van der Waals surface area (Å²) in [6.07, 6.45) is 0.530. The van der Waals surface area contributed by atoms with Gasteiger partial charge in [-0.2, -0.15) is 8.42 Å². The van der Waals surface area contributed by atoms with Crippen molar-refractivity contribution in [2.75, 3.05) is 20.3 Å². The van der Waals surface area contributed by atoms with Gasteiger partial charge in [-0.15, -0.1) is 0 Å². The molecular formula is C10H25NO7S. The van der Waals surface area contributed by atoms with Crippen LogP contribution in [0.2, 0.25) is 0 Å². The van der Waals surface area contributed by atoms with Crippen molar-refractivity contribution in [2.24, 2.45) is 0 Å². The number of hydrogen-bond acceptors (Lipinski definition) is 7. The van der Waals surface area contributed by atoms with Crippen molar-refractivity contribution in [3.8, 4) is 0 Å². The van der Waals surface area contributed by atoms with Crippen LogP contribution in [-0.2, 0) is 14.6 Å². The Morgan fingerprint density at radius 3 is 1.74 bits per heavy atom. The minimum atomic E-state index is -4.16. The summed E-state index contributed by atoms with van der Waals surface area (Å²) in [5, 5.41) is 27.7. The number of aliphatic hydroxyl groups excluding tert-OH is 3. The van der Waals surface area contributed by atoms with Gasteiger partial charge in [-0.1, -0.05) is 13.8 Å². The molecule has 2 unspecified atom stereocenters. The van der Waals surface area contributed by atoms with Crippen LogP contribution in [-0.4, -0.2) is 65.9 Å². The summed E-state index contributed by atoms with van der Waals surface area (Å²) >= 11 is 0. The summed E-state index contributed by atoms with van der Waals surface area (Å²) in [4.78, 5) is 1.61. The fourth-order valence-corrected chi connectivity index (χ4v) is 1.22. The van der Waals surface area contributed by atoms with Gasteiger partial charge < -0.3 is 15.3 Å². The largest absolute Gasteiger partial charge is 0.397 e. The van der Waals surface area contributed by atoms with Crippen molar-refractivity contribution in [3.05, 3.63) is 0 Å². The van der Waals surface area contributed by atoms with Crippen molar-refractivity contribution in [3.63, 3.8) is 0 Å². The number of nitrogens with zero attached hydrogens (tertiary/aromatic N) is 1. The predicted molar refractivity (Wildman–Crippen MR) is 69.6 cm³/mol. The zero-order chi connectivity index (χ0) is 15.5. The molecule has 0 saturated carbocycles. The maximum atomic E-state index is 9.53. The summed E-state index contributed by atoms with van der Waals surface area (Å²) in [7, 11) is -3.29. The molecule has 0 aromatic carbocycles. The van der Waals surface area contributed by atoms with Crippen LogP contribution in [0.25, 0.3) is 0 Å². The summed E-state index contributed by atoms with van der Waals surface area (Å²) in [5.41, 5.74) is 0. The highest BCUT2D eigenvalue weighted by molar-refractivity contribution is 7.80. The molecule has 0 aliphatic rings. The molecule has 0 amide bonds. The van der Waals surface area contributed by atoms with Crippen LogP contribution in [0.4, 0.5) is 0 Å². The maximum Gasteiger partial charge on any atom is 0.397 e. The second kappa shape index (κ2) is 11.5. The van der Waals surface area contributed by atoms with Crippen molar-refractivity contribution in [2.45, 2.75) is 45.6 Å². The first kappa shape index (κ1) is 21.0. The highest BCUT2D eigenvalue weighted by Gasteiger charge is 2.19. The lowest BCUT2D eigenvalue weighted by Gasteiger charge is -2.30. The second-order valence-corrected chi connectivity index (χ2v) is 4.88. The summed E-state index contributed by atoms with van der Waals surface area (Å²) < 4.78 is 29.7. The molecule has 0 aliphatic carbocycles. The van der Waals surface area contributed by atoms with Crippen LogP contribution in [0.1, 0.15) is 33.1 Å². The quantitative estimate of drug-likeness (QED) is 0.351. The van der Waals surface area contributed by atoms with Gasteiger partial charge in [-0.3, -0.25) is 13.6 Å². The highest BCUT2D eigenvalue weighted by Crippen LogP contribution is 2.08. The molecule has 0 heterocycles. The van der Waals surface area contributed by atoms with Gasteiger partial charge in [-0.25, -0.2) is 0 Å². The second-order valence-electron chi connectivity index (χ2n) is 3.69. The van der Waals surface area contributed by atoms with E-state index in [9.17, 15) is 18.6 Å². The van der Waals surface area contributed by atoms with Crippen LogP contribution < -0.4 is 0 Å². The zero-order valence-electron chi connectivity index (χ0n) is 11.6. The van der Waals surface area contributed by atoms with E-state index in [1.54, 1.807) is 4.90 Å². The lowest BCUT2D eigenvalue weighted by atomic mass is 10.2. The molecule has 0 spiro atoms. The van der Waals surface area contributed by atoms with Gasteiger partial charge in [0.15, 0.2) is 0 Å². The molecule has 2 atom stereocenters. The summed E-state index contributed by atoms with van der Waals surface area (Å²) in [6, 6.07) is 0. The van der Waals surface area contributed by atoms with Gasteiger partial charge in [0.05, 0.1) is 7.11 Å². The zero-order valence-corrected chi connectivity index (χ0v) is 12.4. The van der Waals surface area contributed by atoms with Gasteiger partial charge in [0, 0.05) is 13.2 Å². The Kier molecular flexibility index (Phi) is 12.8. The van der Waals surface area contributed by atoms with Gasteiger partial charge in [0.2, 0.25) is 0 Å². The number of rotatable bonds is 8. The Morgan fingerprint density at radius 2 is 1.53 bits per heavy atom. The average Bonchev–Trinajstić information content (AvgIpc) is 2.38. The Hall–Kier alpha value is -0.290. The van der Waals surface area contributed by atoms with E-state index in [1.807, 2.05) is 13.8 Å². The molecule has 0 aliphatic heterocycles. The van der Waals surface area contributed by atoms with Crippen molar-refractivity contribution in [1.29, 1.82) is 0 Å². The molecule has 118 valence electrons. The van der Waals surface area contributed by atoms with Gasteiger partial charge in [-0.05, 0) is 19.3 Å². The highest BCUT2D eigenvalue weighted by atomic mass is 32.3.